The van der Waals surface area contributed by atoms with Crippen molar-refractivity contribution < 1.29 is 14.3 Å². The predicted octanol–water partition coefficient (Wildman–Crippen LogP) is 2.37. The number of nitrogens with one attached hydrogen (secondary N) is 1. The zero-order valence-corrected chi connectivity index (χ0v) is 12.7. The average Bonchev–Trinajstić information content (AvgIpc) is 2.46. The topological polar surface area (TPSA) is 68.3 Å². The molecule has 1 unspecified atom stereocenters. The van der Waals surface area contributed by atoms with Crippen LogP contribution in [0.1, 0.15) is 30.0 Å². The average molecular weight is 319 g/mol. The molecule has 20 heavy (non-hydrogen) atoms. The van der Waals surface area contributed by atoms with Crippen LogP contribution in [0, 0.1) is 5.92 Å². The van der Waals surface area contributed by atoms with Crippen LogP contribution < -0.4 is 5.32 Å². The molecule has 1 aromatic heterocycles. The minimum Gasteiger partial charge on any atom is -0.469 e. The molecule has 0 aromatic carbocycles. The second-order valence-electron chi connectivity index (χ2n) is 4.26. The maximum absolute atomic E-state index is 11.9. The molecule has 0 saturated carbocycles. The van der Waals surface area contributed by atoms with E-state index in [2.05, 4.69) is 15.0 Å². The highest BCUT2D eigenvalue weighted by Crippen LogP contribution is 2.22. The molecule has 0 bridgehead atoms. The Morgan fingerprint density at radius 2 is 2.20 bits per heavy atom. The van der Waals surface area contributed by atoms with Gasteiger partial charge in [0.25, 0.3) is 0 Å². The van der Waals surface area contributed by atoms with E-state index in [4.69, 9.17) is 23.2 Å². The van der Waals surface area contributed by atoms with Gasteiger partial charge in [0, 0.05) is 29.8 Å². The Kier molecular flexibility index (Phi) is 6.75. The fourth-order valence-corrected chi connectivity index (χ4v) is 2.10. The Bertz CT molecular complexity index is 482. The van der Waals surface area contributed by atoms with E-state index >= 15 is 0 Å². The third-order valence-electron chi connectivity index (χ3n) is 2.78. The lowest BCUT2D eigenvalue weighted by molar-refractivity contribution is -0.143. The van der Waals surface area contributed by atoms with Gasteiger partial charge < -0.3 is 10.1 Å². The SMILES string of the molecule is COC(=O)CC(C)C(=O)N[C@@H](Cl)c1cnccc1CCl. The van der Waals surface area contributed by atoms with Crippen LogP contribution in [0.5, 0.6) is 0 Å². The number of hydrogen-bond donors (Lipinski definition) is 1. The Balaban J connectivity index is 2.67. The highest BCUT2D eigenvalue weighted by Gasteiger charge is 2.21. The molecule has 1 heterocycles. The van der Waals surface area contributed by atoms with E-state index in [9.17, 15) is 9.59 Å². The van der Waals surface area contributed by atoms with Crippen LogP contribution in [0.2, 0.25) is 0 Å². The fraction of sp³-hybridized carbons (Fsp3) is 0.462. The van der Waals surface area contributed by atoms with Crippen molar-refractivity contribution in [3.05, 3.63) is 29.6 Å². The summed E-state index contributed by atoms with van der Waals surface area (Å²) in [6.45, 7) is 1.63. The van der Waals surface area contributed by atoms with Crippen LogP contribution in [-0.2, 0) is 20.2 Å². The molecule has 1 N–H and O–H groups in total. The molecule has 2 atom stereocenters. The molecule has 7 heteroatoms. The van der Waals surface area contributed by atoms with Crippen molar-refractivity contribution in [3.63, 3.8) is 0 Å². The van der Waals surface area contributed by atoms with Crippen LogP contribution in [-0.4, -0.2) is 24.0 Å². The van der Waals surface area contributed by atoms with Gasteiger partial charge in [0.15, 0.2) is 0 Å². The zero-order valence-electron chi connectivity index (χ0n) is 11.2. The van der Waals surface area contributed by atoms with Crippen LogP contribution in [0.4, 0.5) is 0 Å². The summed E-state index contributed by atoms with van der Waals surface area (Å²) in [7, 11) is 1.28. The highest BCUT2D eigenvalue weighted by molar-refractivity contribution is 6.22. The predicted molar refractivity (Wildman–Crippen MR) is 76.3 cm³/mol. The molecule has 0 saturated heterocycles. The summed E-state index contributed by atoms with van der Waals surface area (Å²) in [4.78, 5) is 27.0. The van der Waals surface area contributed by atoms with Crippen molar-refractivity contribution in [2.24, 2.45) is 5.92 Å². The first-order chi connectivity index (χ1) is 9.49. The number of carbonyl (C=O) groups is 2. The molecule has 110 valence electrons. The Morgan fingerprint density at radius 1 is 1.50 bits per heavy atom. The molecule has 1 amide bonds. The summed E-state index contributed by atoms with van der Waals surface area (Å²) in [5, 5.41) is 2.62. The van der Waals surface area contributed by atoms with Gasteiger partial charge in [-0.25, -0.2) is 0 Å². The summed E-state index contributed by atoms with van der Waals surface area (Å²) in [6, 6.07) is 1.74. The molecule has 5 nitrogen and oxygen atoms in total. The van der Waals surface area contributed by atoms with Gasteiger partial charge >= 0.3 is 5.97 Å². The fourth-order valence-electron chi connectivity index (χ4n) is 1.56. The minimum atomic E-state index is -0.745. The van der Waals surface area contributed by atoms with Crippen molar-refractivity contribution in [3.8, 4) is 0 Å². The quantitative estimate of drug-likeness (QED) is 0.496. The molecule has 0 aliphatic heterocycles. The zero-order chi connectivity index (χ0) is 15.1. The number of rotatable bonds is 6. The van der Waals surface area contributed by atoms with E-state index in [1.54, 1.807) is 25.4 Å². The van der Waals surface area contributed by atoms with Crippen molar-refractivity contribution in [2.75, 3.05) is 7.11 Å². The highest BCUT2D eigenvalue weighted by atomic mass is 35.5. The van der Waals surface area contributed by atoms with Gasteiger partial charge in [-0.15, -0.1) is 11.6 Å². The summed E-state index contributed by atoms with van der Waals surface area (Å²) >= 11 is 12.0. The first-order valence-corrected chi connectivity index (χ1v) is 6.96. The lowest BCUT2D eigenvalue weighted by atomic mass is 10.1. The summed E-state index contributed by atoms with van der Waals surface area (Å²) < 4.78 is 4.52. The second kappa shape index (κ2) is 8.07. The maximum Gasteiger partial charge on any atom is 0.306 e. The Morgan fingerprint density at radius 3 is 2.80 bits per heavy atom. The van der Waals surface area contributed by atoms with Gasteiger partial charge in [-0.3, -0.25) is 14.6 Å². The van der Waals surface area contributed by atoms with Gasteiger partial charge in [0.1, 0.15) is 5.50 Å². The molecular formula is C13H16Cl2N2O3. The number of ether oxygens (including phenoxy) is 1. The second-order valence-corrected chi connectivity index (χ2v) is 4.96. The number of halogens is 2. The molecular weight excluding hydrogens is 303 g/mol. The molecule has 0 radical (unpaired) electrons. The number of amides is 1. The van der Waals surface area contributed by atoms with Crippen molar-refractivity contribution in [1.82, 2.24) is 10.3 Å². The molecule has 1 aromatic rings. The van der Waals surface area contributed by atoms with Crippen LogP contribution in [0.25, 0.3) is 0 Å². The molecule has 0 aliphatic rings. The lowest BCUT2D eigenvalue weighted by Gasteiger charge is -2.17. The minimum absolute atomic E-state index is 0.00133. The van der Waals surface area contributed by atoms with E-state index in [-0.39, 0.29) is 18.2 Å². The molecule has 0 fully saturated rings. The van der Waals surface area contributed by atoms with Gasteiger partial charge in [0.2, 0.25) is 5.91 Å². The summed E-state index contributed by atoms with van der Waals surface area (Å²) in [5.41, 5.74) is 0.690. The molecule has 0 aliphatic carbocycles. The van der Waals surface area contributed by atoms with E-state index in [0.717, 1.165) is 5.56 Å². The smallest absolute Gasteiger partial charge is 0.306 e. The standard InChI is InChI=1S/C13H16Cl2N2O3/c1-8(5-11(18)20-2)13(19)17-12(15)10-7-16-4-3-9(10)6-14/h3-4,7-8,12H,5-6H2,1-2H3,(H,17,19)/t8?,12-/m1/s1. The summed E-state index contributed by atoms with van der Waals surface area (Å²) in [5.74, 6) is -1.03. The lowest BCUT2D eigenvalue weighted by Crippen LogP contribution is -2.32. The number of hydrogen-bond acceptors (Lipinski definition) is 4. The first-order valence-electron chi connectivity index (χ1n) is 5.99. The molecule has 1 rings (SSSR count). The van der Waals surface area contributed by atoms with Gasteiger partial charge in [-0.1, -0.05) is 18.5 Å². The third kappa shape index (κ3) is 4.65. The van der Waals surface area contributed by atoms with Gasteiger partial charge in [0.05, 0.1) is 13.5 Å². The van der Waals surface area contributed by atoms with Crippen molar-refractivity contribution in [2.45, 2.75) is 24.7 Å². The van der Waals surface area contributed by atoms with Crippen molar-refractivity contribution in [1.29, 1.82) is 0 Å². The summed E-state index contributed by atoms with van der Waals surface area (Å²) in [6.07, 6.45) is 3.16. The van der Waals surface area contributed by atoms with Crippen LogP contribution >= 0.6 is 23.2 Å². The monoisotopic (exact) mass is 318 g/mol. The number of nitrogens with zero attached hydrogens (tertiary/aromatic N) is 1. The number of esters is 1. The van der Waals surface area contributed by atoms with Gasteiger partial charge in [-0.2, -0.15) is 0 Å². The Hall–Kier alpha value is -1.33. The number of aromatic nitrogens is 1. The molecule has 0 spiro atoms. The maximum atomic E-state index is 11.9. The van der Waals surface area contributed by atoms with Crippen molar-refractivity contribution >= 4 is 35.1 Å². The largest absolute Gasteiger partial charge is 0.469 e. The number of pyridine rings is 1. The van der Waals surface area contributed by atoms with Crippen LogP contribution in [0.15, 0.2) is 18.5 Å². The van der Waals surface area contributed by atoms with Gasteiger partial charge in [-0.05, 0) is 11.6 Å². The third-order valence-corrected chi connectivity index (χ3v) is 3.41. The van der Waals surface area contributed by atoms with E-state index in [1.165, 1.54) is 7.11 Å². The van der Waals surface area contributed by atoms with E-state index in [0.29, 0.717) is 5.56 Å². The normalized spacial score (nSPS) is 13.4. The van der Waals surface area contributed by atoms with E-state index in [1.807, 2.05) is 0 Å². The van der Waals surface area contributed by atoms with E-state index < -0.39 is 17.4 Å². The number of carbonyl (C=O) groups excluding carboxylic acids is 2. The number of alkyl halides is 2. The first kappa shape index (κ1) is 16.7. The number of methoxy groups -OCH3 is 1. The Labute approximate surface area is 127 Å². The van der Waals surface area contributed by atoms with Crippen LogP contribution in [0.3, 0.4) is 0 Å².